The van der Waals surface area contributed by atoms with E-state index in [4.69, 9.17) is 4.55 Å². The third kappa shape index (κ3) is 2.15. The Balaban J connectivity index is 0.000000980. The molecular formula is C7H7N2NaO3S. The Morgan fingerprint density at radius 2 is 2.00 bits per heavy atom. The average Bonchev–Trinajstić information content (AvgIpc) is 2.45. The second-order valence-electron chi connectivity index (χ2n) is 2.53. The number of hydrogen-bond donors (Lipinski definition) is 2. The van der Waals surface area contributed by atoms with Crippen LogP contribution in [0.2, 0.25) is 0 Å². The number of imidazole rings is 1. The minimum atomic E-state index is -4.23. The van der Waals surface area contributed by atoms with E-state index in [0.29, 0.717) is 11.0 Å². The summed E-state index contributed by atoms with van der Waals surface area (Å²) >= 11 is 0. The zero-order valence-corrected chi connectivity index (χ0v) is 10.2. The summed E-state index contributed by atoms with van der Waals surface area (Å²) in [6, 6.07) is 6.81. The summed E-state index contributed by atoms with van der Waals surface area (Å²) in [5.74, 6) is 0. The maximum atomic E-state index is 10.7. The van der Waals surface area contributed by atoms with Crippen LogP contribution in [-0.2, 0) is 10.1 Å². The number of para-hydroxylation sites is 2. The van der Waals surface area contributed by atoms with Gasteiger partial charge in [0.2, 0.25) is 0 Å². The maximum Gasteiger partial charge on any atom is 1.00 e. The van der Waals surface area contributed by atoms with Crippen LogP contribution < -0.4 is 29.6 Å². The molecule has 0 atom stereocenters. The van der Waals surface area contributed by atoms with Gasteiger partial charge in [-0.05, 0) is 12.1 Å². The van der Waals surface area contributed by atoms with Gasteiger partial charge >= 0.3 is 39.7 Å². The zero-order chi connectivity index (χ0) is 9.47. The minimum absolute atomic E-state index is 0. The van der Waals surface area contributed by atoms with Crippen LogP contribution in [0.1, 0.15) is 1.43 Å². The standard InChI is InChI=1S/C7H6N2O3S.Na.H/c10-13(11,12)7-8-5-3-1-2-4-6(5)9-7;;/h1-4H,(H,8,9)(H,10,11,12);;/q;+1;-1. The van der Waals surface area contributed by atoms with E-state index in [-0.39, 0.29) is 31.0 Å². The van der Waals surface area contributed by atoms with Gasteiger partial charge in [0.1, 0.15) is 0 Å². The Morgan fingerprint density at radius 1 is 1.36 bits per heavy atom. The van der Waals surface area contributed by atoms with Crippen LogP contribution >= 0.6 is 0 Å². The fourth-order valence-electron chi connectivity index (χ4n) is 1.05. The van der Waals surface area contributed by atoms with Gasteiger partial charge in [0.05, 0.1) is 11.0 Å². The second-order valence-corrected chi connectivity index (χ2v) is 3.87. The van der Waals surface area contributed by atoms with E-state index in [1.165, 1.54) is 0 Å². The predicted molar refractivity (Wildman–Crippen MR) is 47.0 cm³/mol. The third-order valence-electron chi connectivity index (χ3n) is 1.61. The van der Waals surface area contributed by atoms with Gasteiger partial charge in [0.15, 0.2) is 0 Å². The number of aromatic amines is 1. The molecule has 0 aliphatic heterocycles. The van der Waals surface area contributed by atoms with E-state index in [0.717, 1.165) is 0 Å². The topological polar surface area (TPSA) is 83.1 Å². The smallest absolute Gasteiger partial charge is 1.00 e. The first kappa shape index (κ1) is 11.7. The minimum Gasteiger partial charge on any atom is -1.00 e. The molecule has 1 aromatic heterocycles. The predicted octanol–water partition coefficient (Wildman–Crippen LogP) is -2.07. The van der Waals surface area contributed by atoms with Gasteiger partial charge in [-0.1, -0.05) is 12.1 Å². The molecule has 0 fully saturated rings. The second kappa shape index (κ2) is 4.00. The molecule has 2 rings (SSSR count). The van der Waals surface area contributed by atoms with Crippen molar-refractivity contribution in [2.24, 2.45) is 0 Å². The van der Waals surface area contributed by atoms with Crippen molar-refractivity contribution in [1.82, 2.24) is 9.97 Å². The number of hydrogen-bond acceptors (Lipinski definition) is 3. The molecule has 2 aromatic rings. The Labute approximate surface area is 104 Å². The van der Waals surface area contributed by atoms with Crippen LogP contribution in [-0.4, -0.2) is 22.9 Å². The van der Waals surface area contributed by atoms with Crippen LogP contribution in [0.3, 0.4) is 0 Å². The molecular weight excluding hydrogens is 215 g/mol. The molecule has 0 spiro atoms. The fraction of sp³-hybridized carbons (Fsp3) is 0. The Morgan fingerprint density at radius 3 is 2.57 bits per heavy atom. The van der Waals surface area contributed by atoms with Gasteiger partial charge in [-0.2, -0.15) is 8.42 Å². The van der Waals surface area contributed by atoms with E-state index in [1.807, 2.05) is 0 Å². The summed E-state index contributed by atoms with van der Waals surface area (Å²) in [4.78, 5) is 6.18. The molecule has 0 bridgehead atoms. The van der Waals surface area contributed by atoms with Gasteiger partial charge < -0.3 is 6.41 Å². The van der Waals surface area contributed by atoms with Gasteiger partial charge in [-0.15, -0.1) is 0 Å². The molecule has 14 heavy (non-hydrogen) atoms. The summed E-state index contributed by atoms with van der Waals surface area (Å²) in [6.07, 6.45) is 0. The molecule has 0 aliphatic rings. The van der Waals surface area contributed by atoms with E-state index < -0.39 is 15.3 Å². The van der Waals surface area contributed by atoms with Gasteiger partial charge in [0.25, 0.3) is 5.16 Å². The molecule has 5 nitrogen and oxygen atoms in total. The molecule has 1 heterocycles. The monoisotopic (exact) mass is 222 g/mol. The molecule has 7 heteroatoms. The van der Waals surface area contributed by atoms with Crippen molar-refractivity contribution in [3.8, 4) is 0 Å². The largest absolute Gasteiger partial charge is 1.00 e. The van der Waals surface area contributed by atoms with E-state index >= 15 is 0 Å². The quantitative estimate of drug-likeness (QED) is 0.429. The number of rotatable bonds is 1. The van der Waals surface area contributed by atoms with Crippen molar-refractivity contribution in [2.45, 2.75) is 5.16 Å². The van der Waals surface area contributed by atoms with Crippen molar-refractivity contribution >= 4 is 21.2 Å². The van der Waals surface area contributed by atoms with Crippen molar-refractivity contribution in [3.63, 3.8) is 0 Å². The first-order valence-electron chi connectivity index (χ1n) is 3.49. The molecule has 0 aliphatic carbocycles. The number of nitrogens with zero attached hydrogens (tertiary/aromatic N) is 1. The molecule has 0 unspecified atom stereocenters. The number of nitrogens with one attached hydrogen (secondary N) is 1. The van der Waals surface area contributed by atoms with Gasteiger partial charge in [0, 0.05) is 0 Å². The third-order valence-corrected chi connectivity index (χ3v) is 2.29. The van der Waals surface area contributed by atoms with Crippen LogP contribution in [0.4, 0.5) is 0 Å². The SMILES string of the molecule is O=S(=O)(O)c1nc2ccccc2[nH]1.[H-].[Na+]. The summed E-state index contributed by atoms with van der Waals surface area (Å²) in [5, 5.41) is -0.422. The number of H-pyrrole nitrogens is 1. The first-order chi connectivity index (χ1) is 6.07. The summed E-state index contributed by atoms with van der Waals surface area (Å²) in [6.45, 7) is 0. The Bertz CT molecular complexity index is 521. The number of fused-ring (bicyclic) bond motifs is 1. The zero-order valence-electron chi connectivity index (χ0n) is 8.43. The van der Waals surface area contributed by atoms with Crippen LogP contribution in [0.25, 0.3) is 11.0 Å². The summed E-state index contributed by atoms with van der Waals surface area (Å²) in [5.41, 5.74) is 1.09. The number of aromatic nitrogens is 2. The fourth-order valence-corrected chi connectivity index (χ4v) is 1.50. The van der Waals surface area contributed by atoms with Gasteiger partial charge in [-0.25, -0.2) is 4.98 Å². The van der Waals surface area contributed by atoms with Crippen molar-refractivity contribution < 1.29 is 44.0 Å². The van der Waals surface area contributed by atoms with E-state index in [1.54, 1.807) is 24.3 Å². The van der Waals surface area contributed by atoms with E-state index in [9.17, 15) is 8.42 Å². The molecule has 2 N–H and O–H groups in total. The first-order valence-corrected chi connectivity index (χ1v) is 4.93. The van der Waals surface area contributed by atoms with Crippen LogP contribution in [0.5, 0.6) is 0 Å². The van der Waals surface area contributed by atoms with E-state index in [2.05, 4.69) is 9.97 Å². The average molecular weight is 222 g/mol. The maximum absolute atomic E-state index is 10.7. The normalized spacial score (nSPS) is 11.2. The number of benzene rings is 1. The van der Waals surface area contributed by atoms with Crippen molar-refractivity contribution in [3.05, 3.63) is 24.3 Å². The molecule has 0 saturated heterocycles. The Kier molecular flexibility index (Phi) is 3.33. The molecule has 70 valence electrons. The van der Waals surface area contributed by atoms with Gasteiger partial charge in [-0.3, -0.25) is 4.55 Å². The van der Waals surface area contributed by atoms with Crippen LogP contribution in [0.15, 0.2) is 29.4 Å². The molecule has 0 saturated carbocycles. The van der Waals surface area contributed by atoms with Crippen molar-refractivity contribution in [1.29, 1.82) is 0 Å². The molecule has 0 amide bonds. The molecule has 1 aromatic carbocycles. The van der Waals surface area contributed by atoms with Crippen molar-refractivity contribution in [2.75, 3.05) is 0 Å². The molecule has 0 radical (unpaired) electrons. The van der Waals surface area contributed by atoms with Crippen LogP contribution in [0, 0.1) is 0 Å². The summed E-state index contributed by atoms with van der Waals surface area (Å²) < 4.78 is 30.0. The Hall–Kier alpha value is -0.400. The summed E-state index contributed by atoms with van der Waals surface area (Å²) in [7, 11) is -4.23.